The summed E-state index contributed by atoms with van der Waals surface area (Å²) in [6.07, 6.45) is 0.603. The largest absolute Gasteiger partial charge is 0.481 e. The number of morpholine rings is 1. The quantitative estimate of drug-likeness (QED) is 0.890. The summed E-state index contributed by atoms with van der Waals surface area (Å²) in [6, 6.07) is 6.36. The van der Waals surface area contributed by atoms with Gasteiger partial charge in [-0.3, -0.25) is 4.79 Å². The van der Waals surface area contributed by atoms with Gasteiger partial charge in [-0.05, 0) is 24.6 Å². The second-order valence-corrected chi connectivity index (χ2v) is 4.33. The molecule has 0 radical (unpaired) electrons. The molecular formula is C13H16FNO3. The van der Waals surface area contributed by atoms with Crippen molar-refractivity contribution in [1.29, 1.82) is 0 Å². The van der Waals surface area contributed by atoms with E-state index in [1.54, 1.807) is 6.07 Å². The first-order valence-corrected chi connectivity index (χ1v) is 5.98. The monoisotopic (exact) mass is 253 g/mol. The van der Waals surface area contributed by atoms with Crippen molar-refractivity contribution in [1.82, 2.24) is 0 Å². The maximum absolute atomic E-state index is 13.2. The van der Waals surface area contributed by atoms with Crippen LogP contribution in [0, 0.1) is 5.82 Å². The molecule has 0 bridgehead atoms. The molecule has 18 heavy (non-hydrogen) atoms. The van der Waals surface area contributed by atoms with Gasteiger partial charge in [0.2, 0.25) is 0 Å². The average molecular weight is 253 g/mol. The number of anilines is 1. The molecule has 1 N–H and O–H groups in total. The van der Waals surface area contributed by atoms with Gasteiger partial charge >= 0.3 is 5.97 Å². The van der Waals surface area contributed by atoms with Crippen LogP contribution in [0.3, 0.4) is 0 Å². The van der Waals surface area contributed by atoms with Crippen LogP contribution in [-0.2, 0) is 9.53 Å². The highest BCUT2D eigenvalue weighted by molar-refractivity contribution is 5.66. The smallest absolute Gasteiger partial charge is 0.303 e. The van der Waals surface area contributed by atoms with Gasteiger partial charge in [0, 0.05) is 18.7 Å². The standard InChI is InChI=1S/C13H16FNO3/c14-10-2-1-3-11(8-10)15-6-7-18-9-12(15)4-5-13(16)17/h1-3,8,12H,4-7,9H2,(H,16,17). The molecule has 98 valence electrons. The highest BCUT2D eigenvalue weighted by atomic mass is 19.1. The second kappa shape index (κ2) is 5.82. The van der Waals surface area contributed by atoms with Crippen molar-refractivity contribution in [3.8, 4) is 0 Å². The van der Waals surface area contributed by atoms with Gasteiger partial charge in [-0.15, -0.1) is 0 Å². The Kier molecular flexibility index (Phi) is 4.15. The lowest BCUT2D eigenvalue weighted by atomic mass is 10.1. The maximum Gasteiger partial charge on any atom is 0.303 e. The maximum atomic E-state index is 13.2. The van der Waals surface area contributed by atoms with Crippen LogP contribution < -0.4 is 4.90 Å². The molecule has 5 heteroatoms. The third-order valence-corrected chi connectivity index (χ3v) is 3.06. The van der Waals surface area contributed by atoms with Crippen molar-refractivity contribution in [3.63, 3.8) is 0 Å². The van der Waals surface area contributed by atoms with Gasteiger partial charge in [-0.25, -0.2) is 4.39 Å². The minimum absolute atomic E-state index is 0.00310. The van der Waals surface area contributed by atoms with Crippen LogP contribution in [0.1, 0.15) is 12.8 Å². The Bertz CT molecular complexity index is 424. The lowest BCUT2D eigenvalue weighted by Gasteiger charge is -2.37. The zero-order valence-electron chi connectivity index (χ0n) is 10.0. The van der Waals surface area contributed by atoms with Crippen molar-refractivity contribution in [3.05, 3.63) is 30.1 Å². The van der Waals surface area contributed by atoms with Gasteiger partial charge in [0.05, 0.1) is 19.3 Å². The Hall–Kier alpha value is -1.62. The summed E-state index contributed by atoms with van der Waals surface area (Å²) >= 11 is 0. The summed E-state index contributed by atoms with van der Waals surface area (Å²) in [6.45, 7) is 1.73. The van der Waals surface area contributed by atoms with Crippen molar-refractivity contribution in [2.24, 2.45) is 0 Å². The van der Waals surface area contributed by atoms with E-state index in [-0.39, 0.29) is 18.3 Å². The summed E-state index contributed by atoms with van der Waals surface area (Å²) in [5, 5.41) is 8.73. The highest BCUT2D eigenvalue weighted by Crippen LogP contribution is 2.22. The molecule has 1 aliphatic heterocycles. The predicted octanol–water partition coefficient (Wildman–Crippen LogP) is 1.90. The SMILES string of the molecule is O=C(O)CCC1COCCN1c1cccc(F)c1. The first kappa shape index (κ1) is 12.8. The van der Waals surface area contributed by atoms with E-state index in [0.29, 0.717) is 26.2 Å². The van der Waals surface area contributed by atoms with E-state index in [0.717, 1.165) is 5.69 Å². The van der Waals surface area contributed by atoms with Crippen molar-refractivity contribution in [2.75, 3.05) is 24.7 Å². The number of aliphatic carboxylic acids is 1. The summed E-state index contributed by atoms with van der Waals surface area (Å²) in [5.41, 5.74) is 0.786. The molecule has 0 aromatic heterocycles. The molecule has 1 aromatic carbocycles. The molecule has 4 nitrogen and oxygen atoms in total. The number of hydrogen-bond acceptors (Lipinski definition) is 3. The third kappa shape index (κ3) is 3.20. The van der Waals surface area contributed by atoms with E-state index in [2.05, 4.69) is 0 Å². The average Bonchev–Trinajstić information content (AvgIpc) is 2.36. The van der Waals surface area contributed by atoms with Crippen LogP contribution in [-0.4, -0.2) is 36.9 Å². The van der Waals surface area contributed by atoms with Gasteiger partial charge in [-0.1, -0.05) is 6.07 Å². The highest BCUT2D eigenvalue weighted by Gasteiger charge is 2.24. The Balaban J connectivity index is 2.09. The van der Waals surface area contributed by atoms with Gasteiger partial charge in [-0.2, -0.15) is 0 Å². The number of carbonyl (C=O) groups is 1. The number of nitrogens with zero attached hydrogens (tertiary/aromatic N) is 1. The minimum atomic E-state index is -0.820. The molecule has 0 spiro atoms. The van der Waals surface area contributed by atoms with Gasteiger partial charge in [0.15, 0.2) is 0 Å². The fourth-order valence-electron chi connectivity index (χ4n) is 2.18. The molecule has 1 aliphatic rings. The van der Waals surface area contributed by atoms with Gasteiger partial charge in [0.25, 0.3) is 0 Å². The van der Waals surface area contributed by atoms with Gasteiger partial charge in [0.1, 0.15) is 5.82 Å². The first-order chi connectivity index (χ1) is 8.66. The molecule has 0 saturated carbocycles. The predicted molar refractivity (Wildman–Crippen MR) is 65.2 cm³/mol. The Morgan fingerprint density at radius 2 is 2.39 bits per heavy atom. The van der Waals surface area contributed by atoms with E-state index >= 15 is 0 Å². The molecular weight excluding hydrogens is 237 g/mol. The normalized spacial score (nSPS) is 19.8. The molecule has 1 aromatic rings. The Morgan fingerprint density at radius 3 is 3.11 bits per heavy atom. The fraction of sp³-hybridized carbons (Fsp3) is 0.462. The van der Waals surface area contributed by atoms with E-state index in [4.69, 9.17) is 9.84 Å². The number of benzene rings is 1. The summed E-state index contributed by atoms with van der Waals surface area (Å²) in [5.74, 6) is -1.10. The number of carboxylic acid groups (broad SMARTS) is 1. The number of halogens is 1. The summed E-state index contributed by atoms with van der Waals surface area (Å²) < 4.78 is 18.6. The van der Waals surface area contributed by atoms with Crippen LogP contribution in [0.2, 0.25) is 0 Å². The second-order valence-electron chi connectivity index (χ2n) is 4.33. The summed E-state index contributed by atoms with van der Waals surface area (Å²) in [4.78, 5) is 12.6. The van der Waals surface area contributed by atoms with Crippen LogP contribution in [0.15, 0.2) is 24.3 Å². The number of rotatable bonds is 4. The zero-order chi connectivity index (χ0) is 13.0. The molecule has 0 amide bonds. The van der Waals surface area contributed by atoms with Crippen molar-refractivity contribution >= 4 is 11.7 Å². The van der Waals surface area contributed by atoms with E-state index in [1.807, 2.05) is 11.0 Å². The molecule has 1 fully saturated rings. The number of ether oxygens (including phenoxy) is 1. The van der Waals surface area contributed by atoms with Crippen LogP contribution in [0.25, 0.3) is 0 Å². The Labute approximate surface area is 105 Å². The molecule has 1 saturated heterocycles. The summed E-state index contributed by atoms with van der Waals surface area (Å²) in [7, 11) is 0. The molecule has 1 atom stereocenters. The number of hydrogen-bond donors (Lipinski definition) is 1. The topological polar surface area (TPSA) is 49.8 Å². The Morgan fingerprint density at radius 1 is 1.56 bits per heavy atom. The van der Waals surface area contributed by atoms with Crippen LogP contribution >= 0.6 is 0 Å². The lowest BCUT2D eigenvalue weighted by molar-refractivity contribution is -0.137. The minimum Gasteiger partial charge on any atom is -0.481 e. The molecule has 1 unspecified atom stereocenters. The van der Waals surface area contributed by atoms with Crippen LogP contribution in [0.5, 0.6) is 0 Å². The zero-order valence-corrected chi connectivity index (χ0v) is 10.0. The van der Waals surface area contributed by atoms with Crippen molar-refractivity contribution in [2.45, 2.75) is 18.9 Å². The number of carboxylic acids is 1. The van der Waals surface area contributed by atoms with E-state index in [9.17, 15) is 9.18 Å². The van der Waals surface area contributed by atoms with E-state index < -0.39 is 5.97 Å². The first-order valence-electron chi connectivity index (χ1n) is 5.98. The lowest BCUT2D eigenvalue weighted by Crippen LogP contribution is -2.45. The van der Waals surface area contributed by atoms with Gasteiger partial charge < -0.3 is 14.7 Å². The molecule has 0 aliphatic carbocycles. The van der Waals surface area contributed by atoms with Crippen LogP contribution in [0.4, 0.5) is 10.1 Å². The third-order valence-electron chi connectivity index (χ3n) is 3.06. The van der Waals surface area contributed by atoms with Crippen molar-refractivity contribution < 1.29 is 19.0 Å². The van der Waals surface area contributed by atoms with E-state index in [1.165, 1.54) is 12.1 Å². The molecule has 1 heterocycles. The molecule has 2 rings (SSSR count). The fourth-order valence-corrected chi connectivity index (χ4v) is 2.18.